The first-order chi connectivity index (χ1) is 8.29. The van der Waals surface area contributed by atoms with Gasteiger partial charge >= 0.3 is 0 Å². The largest absolute Gasteiger partial charge is 0.456 e. The third kappa shape index (κ3) is 2.95. The molecule has 17 heavy (non-hydrogen) atoms. The van der Waals surface area contributed by atoms with Gasteiger partial charge < -0.3 is 15.5 Å². The van der Waals surface area contributed by atoms with E-state index in [-0.39, 0.29) is 5.91 Å². The number of hydrogen-bond donors (Lipinski definition) is 2. The Morgan fingerprint density at radius 2 is 1.94 bits per heavy atom. The maximum Gasteiger partial charge on any atom is 0.291 e. The van der Waals surface area contributed by atoms with Gasteiger partial charge in [-0.1, -0.05) is 18.2 Å². The van der Waals surface area contributed by atoms with Crippen LogP contribution in [0.4, 0.5) is 5.69 Å². The molecule has 4 heteroatoms. The minimum atomic E-state index is -0.250. The Morgan fingerprint density at radius 3 is 2.65 bits per heavy atom. The van der Waals surface area contributed by atoms with Crippen molar-refractivity contribution in [3.05, 3.63) is 54.0 Å². The molecule has 0 fully saturated rings. The molecule has 0 bridgehead atoms. The summed E-state index contributed by atoms with van der Waals surface area (Å²) >= 11 is 0. The molecule has 1 aromatic heterocycles. The highest BCUT2D eigenvalue weighted by molar-refractivity contribution is 6.02. The highest BCUT2D eigenvalue weighted by Gasteiger charge is 2.10. The van der Waals surface area contributed by atoms with E-state index in [0.29, 0.717) is 18.7 Å². The number of rotatable bonds is 4. The van der Waals surface area contributed by atoms with Crippen molar-refractivity contribution in [2.75, 3.05) is 11.9 Å². The van der Waals surface area contributed by atoms with Crippen LogP contribution in [0.3, 0.4) is 0 Å². The number of benzene rings is 1. The van der Waals surface area contributed by atoms with Crippen molar-refractivity contribution < 1.29 is 9.21 Å². The molecule has 0 saturated heterocycles. The average molecular weight is 230 g/mol. The summed E-state index contributed by atoms with van der Waals surface area (Å²) < 4.78 is 5.37. The zero-order valence-corrected chi connectivity index (χ0v) is 9.35. The number of anilines is 1. The Morgan fingerprint density at radius 1 is 1.18 bits per heavy atom. The van der Waals surface area contributed by atoms with Gasteiger partial charge in [-0.3, -0.25) is 4.79 Å². The number of nitrogens with two attached hydrogens (primary N) is 1. The fourth-order valence-corrected chi connectivity index (χ4v) is 1.49. The molecular weight excluding hydrogens is 216 g/mol. The highest BCUT2D eigenvalue weighted by atomic mass is 16.3. The molecule has 0 aliphatic carbocycles. The third-order valence-electron chi connectivity index (χ3n) is 2.31. The zero-order valence-electron chi connectivity index (χ0n) is 9.35. The first-order valence-electron chi connectivity index (χ1n) is 5.45. The van der Waals surface area contributed by atoms with Crippen molar-refractivity contribution >= 4 is 11.6 Å². The number of carbonyl (C=O) groups is 1. The molecule has 0 aliphatic rings. The monoisotopic (exact) mass is 230 g/mol. The normalized spacial score (nSPS) is 10.2. The molecule has 0 spiro atoms. The number of furan rings is 1. The van der Waals surface area contributed by atoms with Gasteiger partial charge in [-0.2, -0.15) is 0 Å². The predicted octanol–water partition coefficient (Wildman–Crippen LogP) is 2.03. The van der Waals surface area contributed by atoms with Crippen LogP contribution in [-0.2, 0) is 6.42 Å². The summed E-state index contributed by atoms with van der Waals surface area (Å²) in [7, 11) is 0. The first kappa shape index (κ1) is 11.4. The molecule has 2 aromatic rings. The Kier molecular flexibility index (Phi) is 3.57. The standard InChI is InChI=1S/C13H14N2O2/c14-9-8-11-6-7-12(17-11)13(16)15-10-4-2-1-3-5-10/h1-7H,8-9,14H2,(H,15,16). The molecule has 1 amide bonds. The maximum absolute atomic E-state index is 11.8. The lowest BCUT2D eigenvalue weighted by Crippen LogP contribution is -2.10. The first-order valence-corrected chi connectivity index (χ1v) is 5.45. The zero-order chi connectivity index (χ0) is 12.1. The van der Waals surface area contributed by atoms with Crippen LogP contribution in [0, 0.1) is 0 Å². The molecule has 0 unspecified atom stereocenters. The fraction of sp³-hybridized carbons (Fsp3) is 0.154. The molecular formula is C13H14N2O2. The molecule has 4 nitrogen and oxygen atoms in total. The third-order valence-corrected chi connectivity index (χ3v) is 2.31. The van der Waals surface area contributed by atoms with Crippen LogP contribution in [0.1, 0.15) is 16.3 Å². The summed E-state index contributed by atoms with van der Waals surface area (Å²) in [5.41, 5.74) is 6.15. The molecule has 1 heterocycles. The number of carbonyl (C=O) groups excluding carboxylic acids is 1. The van der Waals surface area contributed by atoms with Crippen LogP contribution in [0.2, 0.25) is 0 Å². The summed E-state index contributed by atoms with van der Waals surface area (Å²) in [6, 6.07) is 12.7. The summed E-state index contributed by atoms with van der Waals surface area (Å²) in [5.74, 6) is 0.780. The van der Waals surface area contributed by atoms with E-state index in [1.165, 1.54) is 0 Å². The van der Waals surface area contributed by atoms with Gasteiger partial charge in [0.15, 0.2) is 5.76 Å². The van der Waals surface area contributed by atoms with Gasteiger partial charge in [0.25, 0.3) is 5.91 Å². The lowest BCUT2D eigenvalue weighted by atomic mass is 10.3. The van der Waals surface area contributed by atoms with Crippen molar-refractivity contribution in [2.45, 2.75) is 6.42 Å². The molecule has 0 atom stereocenters. The van der Waals surface area contributed by atoms with Crippen LogP contribution in [-0.4, -0.2) is 12.5 Å². The molecule has 2 rings (SSSR count). The van der Waals surface area contributed by atoms with Crippen molar-refractivity contribution in [1.29, 1.82) is 0 Å². The second kappa shape index (κ2) is 5.32. The van der Waals surface area contributed by atoms with E-state index in [9.17, 15) is 4.79 Å². The summed E-state index contributed by atoms with van der Waals surface area (Å²) in [6.45, 7) is 0.507. The van der Waals surface area contributed by atoms with E-state index in [1.54, 1.807) is 12.1 Å². The Bertz CT molecular complexity index is 491. The van der Waals surface area contributed by atoms with E-state index in [1.807, 2.05) is 30.3 Å². The average Bonchev–Trinajstić information content (AvgIpc) is 2.79. The summed E-state index contributed by atoms with van der Waals surface area (Å²) in [6.07, 6.45) is 0.638. The van der Waals surface area contributed by atoms with Gasteiger partial charge in [-0.05, 0) is 30.8 Å². The van der Waals surface area contributed by atoms with E-state index in [4.69, 9.17) is 10.2 Å². The van der Waals surface area contributed by atoms with E-state index >= 15 is 0 Å². The van der Waals surface area contributed by atoms with Gasteiger partial charge in [-0.15, -0.1) is 0 Å². The minimum Gasteiger partial charge on any atom is -0.456 e. The summed E-state index contributed by atoms with van der Waals surface area (Å²) in [4.78, 5) is 11.8. The molecule has 0 saturated carbocycles. The van der Waals surface area contributed by atoms with Gasteiger partial charge in [-0.25, -0.2) is 0 Å². The van der Waals surface area contributed by atoms with Crippen molar-refractivity contribution in [2.24, 2.45) is 5.73 Å². The van der Waals surface area contributed by atoms with Crippen LogP contribution >= 0.6 is 0 Å². The highest BCUT2D eigenvalue weighted by Crippen LogP contribution is 2.12. The molecule has 0 radical (unpaired) electrons. The van der Waals surface area contributed by atoms with Crippen LogP contribution in [0.25, 0.3) is 0 Å². The topological polar surface area (TPSA) is 68.3 Å². The molecule has 88 valence electrons. The number of nitrogens with one attached hydrogen (secondary N) is 1. The fourth-order valence-electron chi connectivity index (χ4n) is 1.49. The van der Waals surface area contributed by atoms with E-state index < -0.39 is 0 Å². The SMILES string of the molecule is NCCc1ccc(C(=O)Nc2ccccc2)o1. The predicted molar refractivity (Wildman–Crippen MR) is 65.9 cm³/mol. The number of para-hydroxylation sites is 1. The maximum atomic E-state index is 11.8. The van der Waals surface area contributed by atoms with E-state index in [2.05, 4.69) is 5.32 Å². The Balaban J connectivity index is 2.04. The molecule has 1 aromatic carbocycles. The molecule has 0 aliphatic heterocycles. The quantitative estimate of drug-likeness (QED) is 0.844. The van der Waals surface area contributed by atoms with Crippen LogP contribution in [0.15, 0.2) is 46.9 Å². The smallest absolute Gasteiger partial charge is 0.291 e. The van der Waals surface area contributed by atoms with Crippen LogP contribution in [0.5, 0.6) is 0 Å². The molecule has 3 N–H and O–H groups in total. The number of amides is 1. The van der Waals surface area contributed by atoms with Gasteiger partial charge in [0.1, 0.15) is 5.76 Å². The second-order valence-electron chi connectivity index (χ2n) is 3.62. The summed E-state index contributed by atoms with van der Waals surface area (Å²) in [5, 5.41) is 2.75. The lowest BCUT2D eigenvalue weighted by Gasteiger charge is -2.01. The van der Waals surface area contributed by atoms with Crippen LogP contribution < -0.4 is 11.1 Å². The van der Waals surface area contributed by atoms with Gasteiger partial charge in [0.05, 0.1) is 0 Å². The Hall–Kier alpha value is -2.07. The Labute approximate surface area is 99.4 Å². The van der Waals surface area contributed by atoms with Gasteiger partial charge in [0.2, 0.25) is 0 Å². The van der Waals surface area contributed by atoms with Gasteiger partial charge in [0, 0.05) is 12.1 Å². The number of hydrogen-bond acceptors (Lipinski definition) is 3. The van der Waals surface area contributed by atoms with Crippen molar-refractivity contribution in [3.8, 4) is 0 Å². The minimum absolute atomic E-state index is 0.250. The van der Waals surface area contributed by atoms with Crippen molar-refractivity contribution in [1.82, 2.24) is 0 Å². The van der Waals surface area contributed by atoms with E-state index in [0.717, 1.165) is 11.4 Å². The second-order valence-corrected chi connectivity index (χ2v) is 3.62. The lowest BCUT2D eigenvalue weighted by molar-refractivity contribution is 0.0995. The van der Waals surface area contributed by atoms with Crippen molar-refractivity contribution in [3.63, 3.8) is 0 Å².